The fourth-order valence-corrected chi connectivity index (χ4v) is 3.57. The molecular formula is C17H24N2O4. The van der Waals surface area contributed by atoms with Gasteiger partial charge in [0, 0.05) is 17.7 Å². The van der Waals surface area contributed by atoms with Crippen LogP contribution in [0.3, 0.4) is 0 Å². The minimum absolute atomic E-state index is 0.0367. The number of ether oxygens (including phenoxy) is 1. The molecule has 1 aromatic rings. The molecule has 0 unspecified atom stereocenters. The van der Waals surface area contributed by atoms with E-state index in [0.717, 1.165) is 31.5 Å². The Morgan fingerprint density at radius 3 is 2.61 bits per heavy atom. The zero-order chi connectivity index (χ0) is 16.8. The molecule has 126 valence electrons. The number of aliphatic hydroxyl groups excluding tert-OH is 1. The monoisotopic (exact) mass is 320 g/mol. The van der Waals surface area contributed by atoms with Gasteiger partial charge in [-0.3, -0.25) is 15.0 Å². The lowest BCUT2D eigenvalue weighted by Crippen LogP contribution is -2.54. The molecule has 0 aromatic heterocycles. The molecule has 0 amide bonds. The highest BCUT2D eigenvalue weighted by molar-refractivity contribution is 5.48. The summed E-state index contributed by atoms with van der Waals surface area (Å²) < 4.78 is 5.91. The van der Waals surface area contributed by atoms with Gasteiger partial charge >= 0.3 is 0 Å². The molecule has 6 nitrogen and oxygen atoms in total. The van der Waals surface area contributed by atoms with Crippen LogP contribution >= 0.6 is 0 Å². The van der Waals surface area contributed by atoms with E-state index in [1.807, 2.05) is 13.8 Å². The summed E-state index contributed by atoms with van der Waals surface area (Å²) in [4.78, 5) is 13.0. The van der Waals surface area contributed by atoms with Gasteiger partial charge in [0.15, 0.2) is 0 Å². The van der Waals surface area contributed by atoms with E-state index < -0.39 is 16.6 Å². The number of aliphatic hydroxyl groups is 1. The van der Waals surface area contributed by atoms with E-state index in [1.54, 1.807) is 12.1 Å². The summed E-state index contributed by atoms with van der Waals surface area (Å²) in [7, 11) is 0. The number of benzene rings is 1. The van der Waals surface area contributed by atoms with Crippen LogP contribution in [-0.2, 0) is 0 Å². The van der Waals surface area contributed by atoms with Gasteiger partial charge in [0.05, 0.1) is 11.0 Å². The third-order valence-corrected chi connectivity index (χ3v) is 5.12. The van der Waals surface area contributed by atoms with Gasteiger partial charge in [0.1, 0.15) is 17.5 Å². The summed E-state index contributed by atoms with van der Waals surface area (Å²) in [5, 5.41) is 22.0. The van der Waals surface area contributed by atoms with E-state index in [4.69, 9.17) is 4.74 Å². The van der Waals surface area contributed by atoms with Crippen molar-refractivity contribution in [3.8, 4) is 5.75 Å². The molecule has 6 heteroatoms. The molecule has 3 rings (SSSR count). The maximum atomic E-state index is 11.1. The number of rotatable bonds is 2. The number of piperidine rings is 1. The number of nitrogens with zero attached hydrogens (tertiary/aromatic N) is 2. The van der Waals surface area contributed by atoms with Crippen molar-refractivity contribution < 1.29 is 14.8 Å². The minimum Gasteiger partial charge on any atom is -0.485 e. The lowest BCUT2D eigenvalue weighted by atomic mass is 9.84. The second-order valence-electron chi connectivity index (χ2n) is 7.29. The Kier molecular flexibility index (Phi) is 4.06. The lowest BCUT2D eigenvalue weighted by Gasteiger charge is -2.47. The molecular weight excluding hydrogens is 296 g/mol. The predicted octanol–water partition coefficient (Wildman–Crippen LogP) is 2.90. The van der Waals surface area contributed by atoms with Crippen molar-refractivity contribution in [2.24, 2.45) is 5.92 Å². The molecule has 0 spiro atoms. The van der Waals surface area contributed by atoms with Crippen molar-refractivity contribution >= 4 is 5.69 Å². The van der Waals surface area contributed by atoms with Gasteiger partial charge in [0.2, 0.25) is 0 Å². The van der Waals surface area contributed by atoms with Crippen molar-refractivity contribution in [2.75, 3.05) is 13.1 Å². The number of hydrogen-bond acceptors (Lipinski definition) is 5. The van der Waals surface area contributed by atoms with Gasteiger partial charge in [0.25, 0.3) is 5.69 Å². The number of likely N-dealkylation sites (tertiary alicyclic amines) is 1. The van der Waals surface area contributed by atoms with Crippen molar-refractivity contribution in [3.63, 3.8) is 0 Å². The van der Waals surface area contributed by atoms with Gasteiger partial charge in [-0.05, 0) is 51.8 Å². The average molecular weight is 320 g/mol. The average Bonchev–Trinajstić information content (AvgIpc) is 2.49. The van der Waals surface area contributed by atoms with E-state index in [1.165, 1.54) is 6.07 Å². The molecule has 0 bridgehead atoms. The fraction of sp³-hybridized carbons (Fsp3) is 0.647. The highest BCUT2D eigenvalue weighted by Gasteiger charge is 2.46. The molecule has 1 N–H and O–H groups in total. The summed E-state index contributed by atoms with van der Waals surface area (Å²) in [6.07, 6.45) is 1.43. The normalized spacial score (nSPS) is 28.0. The van der Waals surface area contributed by atoms with E-state index in [2.05, 4.69) is 11.8 Å². The van der Waals surface area contributed by atoms with Crippen LogP contribution in [0.1, 0.15) is 45.2 Å². The summed E-state index contributed by atoms with van der Waals surface area (Å²) in [5.41, 5.74) is 0.0341. The predicted molar refractivity (Wildman–Crippen MR) is 86.5 cm³/mol. The van der Waals surface area contributed by atoms with Gasteiger partial charge < -0.3 is 9.84 Å². The van der Waals surface area contributed by atoms with Crippen LogP contribution in [0.15, 0.2) is 18.2 Å². The molecule has 2 atom stereocenters. The van der Waals surface area contributed by atoms with Crippen LogP contribution in [0.2, 0.25) is 0 Å². The molecule has 2 heterocycles. The van der Waals surface area contributed by atoms with Crippen LogP contribution in [0.4, 0.5) is 5.69 Å². The number of non-ortho nitro benzene ring substituents is 1. The number of hydrogen-bond donors (Lipinski definition) is 1. The molecule has 0 saturated carbocycles. The van der Waals surface area contributed by atoms with Crippen LogP contribution in [0, 0.1) is 16.0 Å². The first-order chi connectivity index (χ1) is 10.8. The summed E-state index contributed by atoms with van der Waals surface area (Å²) in [5.74, 6) is 1.32. The Balaban J connectivity index is 2.02. The standard InChI is InChI=1S/C17H24N2O4/c1-11-6-8-18(9-7-11)15-13-10-12(19(21)22)4-5-14(13)23-17(2,3)16(15)20/h4-5,10-11,15-16,20H,6-9H2,1-3H3/t15-,16+/m1/s1. The highest BCUT2D eigenvalue weighted by Crippen LogP contribution is 2.45. The van der Waals surface area contributed by atoms with E-state index in [9.17, 15) is 15.2 Å². The van der Waals surface area contributed by atoms with E-state index in [-0.39, 0.29) is 11.7 Å². The third-order valence-electron chi connectivity index (χ3n) is 5.12. The van der Waals surface area contributed by atoms with Gasteiger partial charge in [-0.15, -0.1) is 0 Å². The summed E-state index contributed by atoms with van der Waals surface area (Å²) >= 11 is 0. The minimum atomic E-state index is -0.731. The van der Waals surface area contributed by atoms with Crippen molar-refractivity contribution in [1.29, 1.82) is 0 Å². The first-order valence-electron chi connectivity index (χ1n) is 8.19. The second-order valence-corrected chi connectivity index (χ2v) is 7.29. The molecule has 0 aliphatic carbocycles. The summed E-state index contributed by atoms with van der Waals surface area (Å²) in [6, 6.07) is 4.40. The SMILES string of the molecule is CC1CCN([C@@H]2c3cc([N+](=O)[O-])ccc3OC(C)(C)[C@H]2O)CC1. The number of fused-ring (bicyclic) bond motifs is 1. The fourth-order valence-electron chi connectivity index (χ4n) is 3.57. The largest absolute Gasteiger partial charge is 0.485 e. The maximum Gasteiger partial charge on any atom is 0.270 e. The summed E-state index contributed by atoms with van der Waals surface area (Å²) in [6.45, 7) is 7.74. The Morgan fingerprint density at radius 2 is 2.00 bits per heavy atom. The molecule has 1 aromatic carbocycles. The maximum absolute atomic E-state index is 11.1. The molecule has 0 radical (unpaired) electrons. The van der Waals surface area contributed by atoms with E-state index >= 15 is 0 Å². The smallest absolute Gasteiger partial charge is 0.270 e. The Bertz CT molecular complexity index is 609. The van der Waals surface area contributed by atoms with Crippen LogP contribution in [0.25, 0.3) is 0 Å². The van der Waals surface area contributed by atoms with Crippen molar-refractivity contribution in [3.05, 3.63) is 33.9 Å². The molecule has 23 heavy (non-hydrogen) atoms. The van der Waals surface area contributed by atoms with Crippen LogP contribution in [0.5, 0.6) is 5.75 Å². The quantitative estimate of drug-likeness (QED) is 0.670. The first-order valence-corrected chi connectivity index (χ1v) is 8.19. The Labute approximate surface area is 136 Å². The lowest BCUT2D eigenvalue weighted by molar-refractivity contribution is -0.385. The zero-order valence-electron chi connectivity index (χ0n) is 13.9. The number of nitro groups is 1. The van der Waals surface area contributed by atoms with Crippen molar-refractivity contribution in [2.45, 2.75) is 51.4 Å². The number of nitro benzene ring substituents is 1. The van der Waals surface area contributed by atoms with Gasteiger partial charge in [-0.2, -0.15) is 0 Å². The molecule has 2 aliphatic heterocycles. The second kappa shape index (κ2) is 5.76. The van der Waals surface area contributed by atoms with Crippen molar-refractivity contribution in [1.82, 2.24) is 4.90 Å². The topological polar surface area (TPSA) is 75.8 Å². The molecule has 1 saturated heterocycles. The molecule has 1 fully saturated rings. The highest BCUT2D eigenvalue weighted by atomic mass is 16.6. The van der Waals surface area contributed by atoms with Crippen LogP contribution in [-0.4, -0.2) is 39.7 Å². The Morgan fingerprint density at radius 1 is 1.35 bits per heavy atom. The zero-order valence-corrected chi connectivity index (χ0v) is 13.9. The van der Waals surface area contributed by atoms with E-state index in [0.29, 0.717) is 11.7 Å². The Hall–Kier alpha value is -1.66. The third kappa shape index (κ3) is 2.93. The van der Waals surface area contributed by atoms with Gasteiger partial charge in [-0.25, -0.2) is 0 Å². The van der Waals surface area contributed by atoms with Crippen LogP contribution < -0.4 is 4.74 Å². The molecule has 2 aliphatic rings. The van der Waals surface area contributed by atoms with Gasteiger partial charge in [-0.1, -0.05) is 6.92 Å². The first kappa shape index (κ1) is 16.2.